The molecule has 0 fully saturated rings. The molecular weight excluding hydrogens is 388 g/mol. The molecule has 0 bridgehead atoms. The van der Waals surface area contributed by atoms with E-state index in [1.807, 2.05) is 42.5 Å². The molecule has 0 unspecified atom stereocenters. The Balaban J connectivity index is 1.55. The normalized spacial score (nSPS) is 10.9. The number of benzene rings is 2. The largest absolute Gasteiger partial charge is 0.444 e. The molecule has 2 heterocycles. The first-order valence-electron chi connectivity index (χ1n) is 7.22. The van der Waals surface area contributed by atoms with Crippen molar-refractivity contribution in [3.05, 3.63) is 71.1 Å². The van der Waals surface area contributed by atoms with Crippen molar-refractivity contribution in [1.29, 1.82) is 0 Å². The summed E-state index contributed by atoms with van der Waals surface area (Å²) >= 11 is 4.83. The molecule has 2 aromatic carbocycles. The Kier molecular flexibility index (Phi) is 3.92. The van der Waals surface area contributed by atoms with Gasteiger partial charge in [0.1, 0.15) is 5.01 Å². The molecule has 2 aromatic heterocycles. The second-order valence-corrected chi connectivity index (χ2v) is 6.93. The fraction of sp³-hybridized carbons (Fsp3) is 0. The van der Waals surface area contributed by atoms with E-state index in [9.17, 15) is 4.79 Å². The van der Waals surface area contributed by atoms with Crippen molar-refractivity contribution in [2.75, 3.05) is 5.32 Å². The van der Waals surface area contributed by atoms with Crippen LogP contribution < -0.4 is 5.32 Å². The van der Waals surface area contributed by atoms with Gasteiger partial charge in [0.05, 0.1) is 10.2 Å². The number of anilines is 1. The van der Waals surface area contributed by atoms with Crippen molar-refractivity contribution in [2.45, 2.75) is 0 Å². The standard InChI is InChI=1S/C18H11BrN2O2S/c19-16-10-9-14(23-16)17(22)20-12-7-5-11(6-8-12)18-21-13-3-1-2-4-15(13)24-18/h1-10H,(H,20,22). The molecule has 0 atom stereocenters. The van der Waals surface area contributed by atoms with Crippen LogP contribution in [-0.2, 0) is 0 Å². The first-order valence-corrected chi connectivity index (χ1v) is 8.83. The van der Waals surface area contributed by atoms with Gasteiger partial charge in [-0.05, 0) is 64.5 Å². The van der Waals surface area contributed by atoms with Crippen LogP contribution in [0, 0.1) is 0 Å². The van der Waals surface area contributed by atoms with Gasteiger partial charge in [0.25, 0.3) is 5.91 Å². The summed E-state index contributed by atoms with van der Waals surface area (Å²) in [5, 5.41) is 3.77. The number of halogens is 1. The van der Waals surface area contributed by atoms with E-state index in [1.165, 1.54) is 0 Å². The minimum Gasteiger partial charge on any atom is -0.444 e. The molecule has 1 amide bonds. The van der Waals surface area contributed by atoms with E-state index in [0.717, 1.165) is 20.8 Å². The van der Waals surface area contributed by atoms with Gasteiger partial charge in [0, 0.05) is 11.3 Å². The molecule has 0 saturated carbocycles. The van der Waals surface area contributed by atoms with E-state index in [1.54, 1.807) is 23.5 Å². The van der Waals surface area contributed by atoms with Gasteiger partial charge >= 0.3 is 0 Å². The molecule has 0 radical (unpaired) electrons. The molecule has 4 nitrogen and oxygen atoms in total. The maximum Gasteiger partial charge on any atom is 0.291 e. The van der Waals surface area contributed by atoms with Crippen molar-refractivity contribution in [3.63, 3.8) is 0 Å². The highest BCUT2D eigenvalue weighted by molar-refractivity contribution is 9.10. The lowest BCUT2D eigenvalue weighted by atomic mass is 10.2. The first kappa shape index (κ1) is 15.1. The SMILES string of the molecule is O=C(Nc1ccc(-c2nc3ccccc3s2)cc1)c1ccc(Br)o1. The average molecular weight is 399 g/mol. The van der Waals surface area contributed by atoms with Crippen LogP contribution >= 0.6 is 27.3 Å². The number of thiazole rings is 1. The number of carbonyl (C=O) groups is 1. The summed E-state index contributed by atoms with van der Waals surface area (Å²) in [4.78, 5) is 16.7. The number of rotatable bonds is 3. The van der Waals surface area contributed by atoms with E-state index >= 15 is 0 Å². The highest BCUT2D eigenvalue weighted by Gasteiger charge is 2.11. The molecule has 118 valence electrons. The van der Waals surface area contributed by atoms with Gasteiger partial charge in [-0.15, -0.1) is 11.3 Å². The topological polar surface area (TPSA) is 55.1 Å². The Morgan fingerprint density at radius 3 is 2.54 bits per heavy atom. The van der Waals surface area contributed by atoms with Gasteiger partial charge in [-0.2, -0.15) is 0 Å². The molecule has 0 spiro atoms. The van der Waals surface area contributed by atoms with Crippen molar-refractivity contribution >= 4 is 49.1 Å². The third kappa shape index (κ3) is 2.98. The number of nitrogens with one attached hydrogen (secondary N) is 1. The summed E-state index contributed by atoms with van der Waals surface area (Å²) in [6.07, 6.45) is 0. The molecule has 24 heavy (non-hydrogen) atoms. The van der Waals surface area contributed by atoms with Gasteiger partial charge in [-0.25, -0.2) is 4.98 Å². The molecule has 0 aliphatic heterocycles. The second-order valence-electron chi connectivity index (χ2n) is 5.12. The first-order chi connectivity index (χ1) is 11.7. The number of fused-ring (bicyclic) bond motifs is 1. The average Bonchev–Trinajstić information content (AvgIpc) is 3.21. The molecule has 0 aliphatic rings. The monoisotopic (exact) mass is 398 g/mol. The number of furan rings is 1. The lowest BCUT2D eigenvalue weighted by Gasteiger charge is -2.04. The summed E-state index contributed by atoms with van der Waals surface area (Å²) in [6, 6.07) is 19.0. The second kappa shape index (κ2) is 6.22. The van der Waals surface area contributed by atoms with E-state index in [2.05, 4.69) is 32.3 Å². The molecule has 0 aliphatic carbocycles. The van der Waals surface area contributed by atoms with Crippen LogP contribution in [0.2, 0.25) is 0 Å². The summed E-state index contributed by atoms with van der Waals surface area (Å²) in [6.45, 7) is 0. The van der Waals surface area contributed by atoms with E-state index in [4.69, 9.17) is 4.42 Å². The third-order valence-corrected chi connectivity index (χ3v) is 4.99. The highest BCUT2D eigenvalue weighted by Crippen LogP contribution is 2.30. The zero-order valence-corrected chi connectivity index (χ0v) is 14.7. The maximum atomic E-state index is 12.1. The van der Waals surface area contributed by atoms with Gasteiger partial charge in [-0.1, -0.05) is 12.1 Å². The van der Waals surface area contributed by atoms with E-state index in [0.29, 0.717) is 10.4 Å². The molecule has 6 heteroatoms. The third-order valence-electron chi connectivity index (χ3n) is 3.48. The molecule has 1 N–H and O–H groups in total. The Bertz CT molecular complexity index is 988. The van der Waals surface area contributed by atoms with E-state index in [-0.39, 0.29) is 11.7 Å². The van der Waals surface area contributed by atoms with Crippen LogP contribution in [-0.4, -0.2) is 10.9 Å². The number of hydrogen-bond acceptors (Lipinski definition) is 4. The Hall–Kier alpha value is -2.44. The van der Waals surface area contributed by atoms with Crippen molar-refractivity contribution in [1.82, 2.24) is 4.98 Å². The van der Waals surface area contributed by atoms with Crippen molar-refractivity contribution in [2.24, 2.45) is 0 Å². The van der Waals surface area contributed by atoms with Crippen LogP contribution in [0.4, 0.5) is 5.69 Å². The Morgan fingerprint density at radius 1 is 1.04 bits per heavy atom. The predicted octanol–water partition coefficient (Wildman–Crippen LogP) is 5.57. The van der Waals surface area contributed by atoms with Crippen LogP contribution in [0.15, 0.2) is 69.8 Å². The fourth-order valence-corrected chi connectivity index (χ4v) is 3.60. The van der Waals surface area contributed by atoms with Gasteiger partial charge in [0.2, 0.25) is 0 Å². The van der Waals surface area contributed by atoms with Gasteiger partial charge in [-0.3, -0.25) is 4.79 Å². The van der Waals surface area contributed by atoms with Crippen LogP contribution in [0.25, 0.3) is 20.8 Å². The summed E-state index contributed by atoms with van der Waals surface area (Å²) in [7, 11) is 0. The van der Waals surface area contributed by atoms with Crippen molar-refractivity contribution < 1.29 is 9.21 Å². The number of para-hydroxylation sites is 1. The van der Waals surface area contributed by atoms with Gasteiger partial charge in [0.15, 0.2) is 10.4 Å². The minimum absolute atomic E-state index is 0.261. The Morgan fingerprint density at radius 2 is 1.83 bits per heavy atom. The summed E-state index contributed by atoms with van der Waals surface area (Å²) in [5.41, 5.74) is 2.73. The highest BCUT2D eigenvalue weighted by atomic mass is 79.9. The van der Waals surface area contributed by atoms with Crippen LogP contribution in [0.1, 0.15) is 10.6 Å². The summed E-state index contributed by atoms with van der Waals surface area (Å²) in [5.74, 6) is -0.0226. The zero-order chi connectivity index (χ0) is 16.5. The molecule has 4 rings (SSSR count). The van der Waals surface area contributed by atoms with Crippen LogP contribution in [0.5, 0.6) is 0 Å². The lowest BCUT2D eigenvalue weighted by Crippen LogP contribution is -2.10. The molecule has 4 aromatic rings. The van der Waals surface area contributed by atoms with Crippen LogP contribution in [0.3, 0.4) is 0 Å². The van der Waals surface area contributed by atoms with Gasteiger partial charge < -0.3 is 9.73 Å². The lowest BCUT2D eigenvalue weighted by molar-refractivity contribution is 0.0995. The minimum atomic E-state index is -0.284. The predicted molar refractivity (Wildman–Crippen MR) is 99.4 cm³/mol. The smallest absolute Gasteiger partial charge is 0.291 e. The molecule has 0 saturated heterocycles. The van der Waals surface area contributed by atoms with Crippen molar-refractivity contribution in [3.8, 4) is 10.6 Å². The zero-order valence-electron chi connectivity index (χ0n) is 12.3. The quantitative estimate of drug-likeness (QED) is 0.490. The number of carbonyl (C=O) groups excluding carboxylic acids is 1. The van der Waals surface area contributed by atoms with E-state index < -0.39 is 0 Å². The number of aromatic nitrogens is 1. The molecular formula is C18H11BrN2O2S. The fourth-order valence-electron chi connectivity index (χ4n) is 2.32. The number of amides is 1. The summed E-state index contributed by atoms with van der Waals surface area (Å²) < 4.78 is 6.93. The maximum absolute atomic E-state index is 12.1. The Labute approximate surface area is 150 Å². The number of nitrogens with zero attached hydrogens (tertiary/aromatic N) is 1. The number of hydrogen-bond donors (Lipinski definition) is 1.